The second-order valence-electron chi connectivity index (χ2n) is 4.72. The van der Waals surface area contributed by atoms with E-state index in [-0.39, 0.29) is 17.9 Å². The largest absolute Gasteiger partial charge is 0.328 e. The van der Waals surface area contributed by atoms with Crippen LogP contribution in [0.15, 0.2) is 6.20 Å². The van der Waals surface area contributed by atoms with E-state index in [1.54, 1.807) is 6.20 Å². The van der Waals surface area contributed by atoms with E-state index in [1.807, 2.05) is 6.92 Å². The van der Waals surface area contributed by atoms with Crippen molar-refractivity contribution in [2.24, 2.45) is 11.7 Å². The Morgan fingerprint density at radius 2 is 2.24 bits per heavy atom. The zero-order valence-electron chi connectivity index (χ0n) is 10.2. The Labute approximate surface area is 101 Å². The normalized spacial score (nSPS) is 24.6. The molecule has 94 valence electrons. The predicted octanol–water partition coefficient (Wildman–Crippen LogP) is 1.43. The number of carbonyl (C=O) groups excluding carboxylic acids is 1. The van der Waals surface area contributed by atoms with Crippen LogP contribution in [0.2, 0.25) is 0 Å². The monoisotopic (exact) mass is 236 g/mol. The van der Waals surface area contributed by atoms with Gasteiger partial charge in [0.1, 0.15) is 5.82 Å². The van der Waals surface area contributed by atoms with Crippen LogP contribution in [0.4, 0.5) is 5.82 Å². The van der Waals surface area contributed by atoms with E-state index in [0.717, 1.165) is 43.5 Å². The Morgan fingerprint density at radius 3 is 2.88 bits per heavy atom. The molecule has 0 bridgehead atoms. The van der Waals surface area contributed by atoms with Gasteiger partial charge in [-0.15, -0.1) is 0 Å². The highest BCUT2D eigenvalue weighted by Gasteiger charge is 2.25. The van der Waals surface area contributed by atoms with Gasteiger partial charge < -0.3 is 11.1 Å². The highest BCUT2D eigenvalue weighted by atomic mass is 16.1. The van der Waals surface area contributed by atoms with Crippen molar-refractivity contribution in [3.05, 3.63) is 11.8 Å². The summed E-state index contributed by atoms with van der Waals surface area (Å²) in [6.45, 7) is 2.04. The lowest BCUT2D eigenvalue weighted by Gasteiger charge is -2.24. The van der Waals surface area contributed by atoms with E-state index in [2.05, 4.69) is 15.5 Å². The molecular formula is C12H20N4O. The molecule has 1 heterocycles. The number of hydrogen-bond donors (Lipinski definition) is 3. The third-order valence-electron chi connectivity index (χ3n) is 3.49. The van der Waals surface area contributed by atoms with Gasteiger partial charge in [-0.3, -0.25) is 9.89 Å². The van der Waals surface area contributed by atoms with Gasteiger partial charge in [-0.2, -0.15) is 5.10 Å². The lowest BCUT2D eigenvalue weighted by Crippen LogP contribution is -2.32. The highest BCUT2D eigenvalue weighted by molar-refractivity contribution is 5.92. The van der Waals surface area contributed by atoms with Gasteiger partial charge in [0.15, 0.2) is 0 Å². The summed E-state index contributed by atoms with van der Waals surface area (Å²) < 4.78 is 0. The predicted molar refractivity (Wildman–Crippen MR) is 66.5 cm³/mol. The molecule has 1 saturated carbocycles. The Bertz CT molecular complexity index is 380. The molecule has 0 atom stereocenters. The average Bonchev–Trinajstić information content (AvgIpc) is 2.77. The van der Waals surface area contributed by atoms with Gasteiger partial charge in [0.25, 0.3) is 0 Å². The molecular weight excluding hydrogens is 216 g/mol. The number of amides is 1. The van der Waals surface area contributed by atoms with Gasteiger partial charge in [0.05, 0.1) is 6.20 Å². The molecule has 17 heavy (non-hydrogen) atoms. The van der Waals surface area contributed by atoms with Gasteiger partial charge in [-0.1, -0.05) is 6.92 Å². The van der Waals surface area contributed by atoms with Crippen molar-refractivity contribution in [1.82, 2.24) is 10.2 Å². The summed E-state index contributed by atoms with van der Waals surface area (Å²) in [5.41, 5.74) is 6.88. The van der Waals surface area contributed by atoms with Crippen LogP contribution in [0.1, 0.15) is 38.2 Å². The molecule has 1 fully saturated rings. The summed E-state index contributed by atoms with van der Waals surface area (Å²) in [5.74, 6) is 0.936. The first-order valence-corrected chi connectivity index (χ1v) is 6.29. The lowest BCUT2D eigenvalue weighted by molar-refractivity contribution is -0.120. The summed E-state index contributed by atoms with van der Waals surface area (Å²) in [6.07, 6.45) is 6.29. The number of nitrogens with one attached hydrogen (secondary N) is 2. The second-order valence-corrected chi connectivity index (χ2v) is 4.72. The first-order valence-electron chi connectivity index (χ1n) is 6.29. The van der Waals surface area contributed by atoms with Crippen LogP contribution in [-0.2, 0) is 11.2 Å². The lowest BCUT2D eigenvalue weighted by atomic mass is 9.86. The second kappa shape index (κ2) is 5.31. The number of rotatable bonds is 3. The van der Waals surface area contributed by atoms with E-state index in [9.17, 15) is 4.79 Å². The number of aromatic amines is 1. The van der Waals surface area contributed by atoms with Gasteiger partial charge in [-0.25, -0.2) is 0 Å². The number of H-pyrrole nitrogens is 1. The van der Waals surface area contributed by atoms with Crippen LogP contribution in [0.25, 0.3) is 0 Å². The third-order valence-corrected chi connectivity index (χ3v) is 3.49. The summed E-state index contributed by atoms with van der Waals surface area (Å²) in [4.78, 5) is 12.0. The van der Waals surface area contributed by atoms with E-state index in [4.69, 9.17) is 5.73 Å². The van der Waals surface area contributed by atoms with Gasteiger partial charge in [-0.05, 0) is 32.1 Å². The highest BCUT2D eigenvalue weighted by Crippen LogP contribution is 2.24. The smallest absolute Gasteiger partial charge is 0.228 e. The van der Waals surface area contributed by atoms with Crippen LogP contribution in [0.3, 0.4) is 0 Å². The Morgan fingerprint density at radius 1 is 1.53 bits per heavy atom. The molecule has 5 nitrogen and oxygen atoms in total. The number of nitrogens with two attached hydrogens (primary N) is 1. The summed E-state index contributed by atoms with van der Waals surface area (Å²) in [5, 5.41) is 9.70. The van der Waals surface area contributed by atoms with Crippen molar-refractivity contribution < 1.29 is 4.79 Å². The first-order chi connectivity index (χ1) is 8.20. The standard InChI is InChI=1S/C12H20N4O/c1-2-8-7-14-16-11(8)15-12(17)9-3-5-10(13)6-4-9/h7,9-10H,2-6,13H2,1H3,(H2,14,15,16,17). The Balaban J connectivity index is 1.93. The molecule has 1 aromatic heterocycles. The number of aryl methyl sites for hydroxylation is 1. The third kappa shape index (κ3) is 2.85. The van der Waals surface area contributed by atoms with Crippen molar-refractivity contribution >= 4 is 11.7 Å². The molecule has 0 aromatic carbocycles. The van der Waals surface area contributed by atoms with Crippen LogP contribution in [0.5, 0.6) is 0 Å². The SMILES string of the molecule is CCc1cn[nH]c1NC(=O)C1CCC(N)CC1. The first kappa shape index (κ1) is 12.1. The molecule has 0 spiro atoms. The molecule has 1 aliphatic carbocycles. The molecule has 0 saturated heterocycles. The maximum absolute atomic E-state index is 12.0. The molecule has 1 amide bonds. The molecule has 2 rings (SSSR count). The van der Waals surface area contributed by atoms with Crippen LogP contribution in [-0.4, -0.2) is 22.1 Å². The maximum Gasteiger partial charge on any atom is 0.228 e. The van der Waals surface area contributed by atoms with Crippen LogP contribution < -0.4 is 11.1 Å². The zero-order chi connectivity index (χ0) is 12.3. The van der Waals surface area contributed by atoms with E-state index in [0.29, 0.717) is 0 Å². The van der Waals surface area contributed by atoms with Gasteiger partial charge in [0.2, 0.25) is 5.91 Å². The molecule has 5 heteroatoms. The fraction of sp³-hybridized carbons (Fsp3) is 0.667. The Kier molecular flexibility index (Phi) is 3.78. The van der Waals surface area contributed by atoms with E-state index < -0.39 is 0 Å². The molecule has 1 aromatic rings. The molecule has 0 unspecified atom stereocenters. The fourth-order valence-electron chi connectivity index (χ4n) is 2.29. The minimum atomic E-state index is 0.0934. The quantitative estimate of drug-likeness (QED) is 0.742. The molecule has 4 N–H and O–H groups in total. The summed E-state index contributed by atoms with van der Waals surface area (Å²) in [7, 11) is 0. The molecule has 0 radical (unpaired) electrons. The number of nitrogens with zero attached hydrogens (tertiary/aromatic N) is 1. The minimum Gasteiger partial charge on any atom is -0.328 e. The molecule has 1 aliphatic rings. The topological polar surface area (TPSA) is 83.8 Å². The van der Waals surface area contributed by atoms with Crippen molar-refractivity contribution in [3.8, 4) is 0 Å². The number of hydrogen-bond acceptors (Lipinski definition) is 3. The van der Waals surface area contributed by atoms with E-state index in [1.165, 1.54) is 0 Å². The van der Waals surface area contributed by atoms with Crippen LogP contribution in [0, 0.1) is 5.92 Å². The van der Waals surface area contributed by atoms with Gasteiger partial charge >= 0.3 is 0 Å². The number of aromatic nitrogens is 2. The van der Waals surface area contributed by atoms with Crippen molar-refractivity contribution in [3.63, 3.8) is 0 Å². The van der Waals surface area contributed by atoms with Gasteiger partial charge in [0, 0.05) is 17.5 Å². The minimum absolute atomic E-state index is 0.0934. The number of anilines is 1. The summed E-state index contributed by atoms with van der Waals surface area (Å²) >= 11 is 0. The van der Waals surface area contributed by atoms with Crippen molar-refractivity contribution in [2.45, 2.75) is 45.1 Å². The van der Waals surface area contributed by atoms with E-state index >= 15 is 0 Å². The Hall–Kier alpha value is -1.36. The molecule has 0 aliphatic heterocycles. The van der Waals surface area contributed by atoms with Crippen LogP contribution >= 0.6 is 0 Å². The van der Waals surface area contributed by atoms with Crippen molar-refractivity contribution in [1.29, 1.82) is 0 Å². The number of carbonyl (C=O) groups is 1. The maximum atomic E-state index is 12.0. The van der Waals surface area contributed by atoms with Crippen molar-refractivity contribution in [2.75, 3.05) is 5.32 Å². The fourth-order valence-corrected chi connectivity index (χ4v) is 2.29. The average molecular weight is 236 g/mol. The zero-order valence-corrected chi connectivity index (χ0v) is 10.2. The summed E-state index contributed by atoms with van der Waals surface area (Å²) in [6, 6.07) is 0.275.